The molecule has 4 atom stereocenters. The molecule has 2 aliphatic rings. The summed E-state index contributed by atoms with van der Waals surface area (Å²) in [6, 6.07) is 2.62. The van der Waals surface area contributed by atoms with E-state index in [1.54, 1.807) is 11.1 Å². The van der Waals surface area contributed by atoms with Crippen LogP contribution in [0.4, 0.5) is 13.2 Å². The largest absolute Gasteiger partial charge is 0.384 e. The Bertz CT molecular complexity index is 1030. The first kappa shape index (κ1) is 29.1. The number of nitrogens with zero attached hydrogens (tertiary/aromatic N) is 3. The third-order valence-electron chi connectivity index (χ3n) is 6.99. The number of amides is 1. The minimum Gasteiger partial charge on any atom is -0.384 e. The van der Waals surface area contributed by atoms with Crippen molar-refractivity contribution in [2.45, 2.75) is 65.4 Å². The summed E-state index contributed by atoms with van der Waals surface area (Å²) in [5.41, 5.74) is 0.285. The van der Waals surface area contributed by atoms with E-state index >= 15 is 0 Å². The van der Waals surface area contributed by atoms with Gasteiger partial charge in [-0.05, 0) is 50.8 Å². The van der Waals surface area contributed by atoms with Gasteiger partial charge in [0.25, 0.3) is 5.91 Å². The second-order valence-electron chi connectivity index (χ2n) is 9.39. The third kappa shape index (κ3) is 6.72. The lowest BCUT2D eigenvalue weighted by Gasteiger charge is -2.40. The highest BCUT2D eigenvalue weighted by Gasteiger charge is 2.40. The number of ether oxygens (including phenoxy) is 1. The van der Waals surface area contributed by atoms with Gasteiger partial charge in [-0.25, -0.2) is 18.2 Å². The van der Waals surface area contributed by atoms with Gasteiger partial charge in [-0.3, -0.25) is 4.79 Å². The van der Waals surface area contributed by atoms with Gasteiger partial charge in [-0.2, -0.15) is 0 Å². The van der Waals surface area contributed by atoms with E-state index in [0.717, 1.165) is 18.2 Å². The number of carbonyl (C=O) groups is 1. The molecule has 3 unspecified atom stereocenters. The Labute approximate surface area is 217 Å². The molecule has 2 fully saturated rings. The Hall–Kier alpha value is -2.43. The summed E-state index contributed by atoms with van der Waals surface area (Å²) in [6.07, 6.45) is 0.555. The Morgan fingerprint density at radius 2 is 1.97 bits per heavy atom. The number of imidazole rings is 1. The molecule has 0 aliphatic carbocycles. The van der Waals surface area contributed by atoms with Crippen LogP contribution in [-0.4, -0.2) is 70.6 Å². The van der Waals surface area contributed by atoms with Crippen LogP contribution < -0.4 is 5.32 Å². The Morgan fingerprint density at radius 3 is 2.57 bits per heavy atom. The number of benzene rings is 1. The van der Waals surface area contributed by atoms with E-state index in [1.165, 1.54) is 6.92 Å². The van der Waals surface area contributed by atoms with Crippen LogP contribution in [-0.2, 0) is 16.1 Å². The van der Waals surface area contributed by atoms with Gasteiger partial charge in [0.15, 0.2) is 0 Å². The second-order valence-corrected chi connectivity index (χ2v) is 9.39. The molecule has 1 aromatic carbocycles. The van der Waals surface area contributed by atoms with Crippen LogP contribution in [0, 0.1) is 23.5 Å². The zero-order chi connectivity index (χ0) is 27.1. The summed E-state index contributed by atoms with van der Waals surface area (Å²) in [6.45, 7) is 9.54. The lowest BCUT2D eigenvalue weighted by atomic mass is 9.88. The average molecular weight is 525 g/mol. The van der Waals surface area contributed by atoms with Gasteiger partial charge in [0.1, 0.15) is 29.7 Å². The minimum atomic E-state index is -1.28. The van der Waals surface area contributed by atoms with Crippen molar-refractivity contribution in [1.82, 2.24) is 19.8 Å². The summed E-state index contributed by atoms with van der Waals surface area (Å²) >= 11 is 0. The van der Waals surface area contributed by atoms with Crippen molar-refractivity contribution in [3.8, 4) is 11.3 Å². The zero-order valence-electron chi connectivity index (χ0n) is 22.1. The molecule has 4 rings (SSSR count). The number of carbonyl (C=O) groups excluding carboxylic acids is 1. The van der Waals surface area contributed by atoms with Crippen molar-refractivity contribution in [2.75, 3.05) is 32.8 Å². The molecule has 0 bridgehead atoms. The Balaban J connectivity index is 0.00000186. The number of aryl methyl sites for hydroxylation is 1. The molecule has 1 aromatic heterocycles. The molecule has 2 aromatic rings. The SMILES string of the molecule is CC.CCn1cc(-c2cc(F)ccc2F)nc1C(C1CCOCC1)N(CC1CNCC1F)C(=O)[C@H](C)O. The van der Waals surface area contributed by atoms with E-state index in [0.29, 0.717) is 45.0 Å². The van der Waals surface area contributed by atoms with Crippen LogP contribution in [0.15, 0.2) is 24.4 Å². The van der Waals surface area contributed by atoms with E-state index in [1.807, 2.05) is 25.3 Å². The second kappa shape index (κ2) is 13.4. The van der Waals surface area contributed by atoms with Crippen molar-refractivity contribution in [1.29, 1.82) is 0 Å². The number of nitrogens with one attached hydrogen (secondary N) is 1. The minimum absolute atomic E-state index is 0.0291. The van der Waals surface area contributed by atoms with Crippen LogP contribution in [0.2, 0.25) is 0 Å². The van der Waals surface area contributed by atoms with Gasteiger partial charge in [0.05, 0.1) is 11.7 Å². The number of aliphatic hydroxyl groups is 1. The molecule has 2 N–H and O–H groups in total. The highest BCUT2D eigenvalue weighted by molar-refractivity contribution is 5.80. The van der Waals surface area contributed by atoms with E-state index in [-0.39, 0.29) is 30.3 Å². The first-order valence-electron chi connectivity index (χ1n) is 13.2. The van der Waals surface area contributed by atoms with Crippen LogP contribution in [0.25, 0.3) is 11.3 Å². The number of hydrogen-bond donors (Lipinski definition) is 2. The standard InChI is InChI=1S/C25H33F3N4O3.C2H6/c1-3-31-14-22(19-10-18(26)4-5-20(19)27)30-24(31)23(16-6-8-35-9-7-16)32(25(34)15(2)33)13-17-11-29-12-21(17)28;1-2/h4-5,10,14-17,21,23,29,33H,3,6-9,11-13H2,1-2H3;1-2H3/t15-,17?,21?,23?;/m0./s1. The number of aliphatic hydroxyl groups excluding tert-OH is 1. The maximum absolute atomic E-state index is 14.6. The molecule has 10 heteroatoms. The van der Waals surface area contributed by atoms with Gasteiger partial charge in [-0.1, -0.05) is 13.8 Å². The molecule has 0 radical (unpaired) electrons. The topological polar surface area (TPSA) is 79.6 Å². The van der Waals surface area contributed by atoms with E-state index in [2.05, 4.69) is 5.32 Å². The molecule has 2 saturated heterocycles. The molecule has 0 saturated carbocycles. The first-order chi connectivity index (χ1) is 17.8. The molecule has 1 amide bonds. The number of halogens is 3. The molecular weight excluding hydrogens is 485 g/mol. The summed E-state index contributed by atoms with van der Waals surface area (Å²) in [5, 5.41) is 13.3. The molecule has 7 nitrogen and oxygen atoms in total. The molecule has 0 spiro atoms. The van der Waals surface area contributed by atoms with Gasteiger partial charge < -0.3 is 24.6 Å². The van der Waals surface area contributed by atoms with E-state index in [4.69, 9.17) is 9.72 Å². The fourth-order valence-electron chi connectivity index (χ4n) is 5.09. The molecule has 37 heavy (non-hydrogen) atoms. The molecular formula is C27H39F3N4O3. The maximum atomic E-state index is 14.6. The summed E-state index contributed by atoms with van der Waals surface area (Å²) in [4.78, 5) is 19.6. The highest BCUT2D eigenvalue weighted by Crippen LogP contribution is 2.38. The fourth-order valence-corrected chi connectivity index (χ4v) is 5.09. The molecule has 2 aliphatic heterocycles. The quantitative estimate of drug-likeness (QED) is 0.544. The molecule has 206 valence electrons. The van der Waals surface area contributed by atoms with Crippen molar-refractivity contribution in [3.05, 3.63) is 41.9 Å². The maximum Gasteiger partial charge on any atom is 0.251 e. The number of alkyl halides is 1. The van der Waals surface area contributed by atoms with Gasteiger partial charge in [0.2, 0.25) is 0 Å². The average Bonchev–Trinajstić information content (AvgIpc) is 3.52. The summed E-state index contributed by atoms with van der Waals surface area (Å²) in [7, 11) is 0. The normalized spacial score (nSPS) is 21.7. The van der Waals surface area contributed by atoms with Crippen molar-refractivity contribution in [3.63, 3.8) is 0 Å². The number of hydrogen-bond acceptors (Lipinski definition) is 5. The van der Waals surface area contributed by atoms with Crippen molar-refractivity contribution >= 4 is 5.91 Å². The van der Waals surface area contributed by atoms with Gasteiger partial charge >= 0.3 is 0 Å². The third-order valence-corrected chi connectivity index (χ3v) is 6.99. The fraction of sp³-hybridized carbons (Fsp3) is 0.630. The number of rotatable bonds is 8. The highest BCUT2D eigenvalue weighted by atomic mass is 19.1. The van der Waals surface area contributed by atoms with Crippen LogP contribution in [0.1, 0.15) is 52.4 Å². The zero-order valence-corrected chi connectivity index (χ0v) is 22.1. The summed E-state index contributed by atoms with van der Waals surface area (Å²) in [5.74, 6) is -1.67. The monoisotopic (exact) mass is 524 g/mol. The summed E-state index contributed by atoms with van der Waals surface area (Å²) < 4.78 is 50.5. The number of aromatic nitrogens is 2. The van der Waals surface area contributed by atoms with E-state index in [9.17, 15) is 23.1 Å². The van der Waals surface area contributed by atoms with Crippen LogP contribution >= 0.6 is 0 Å². The first-order valence-corrected chi connectivity index (χ1v) is 13.2. The predicted molar refractivity (Wildman–Crippen MR) is 136 cm³/mol. The van der Waals surface area contributed by atoms with Crippen LogP contribution in [0.5, 0.6) is 0 Å². The van der Waals surface area contributed by atoms with Crippen molar-refractivity contribution in [2.24, 2.45) is 11.8 Å². The van der Waals surface area contributed by atoms with Crippen molar-refractivity contribution < 1.29 is 27.8 Å². The Kier molecular flexibility index (Phi) is 10.5. The predicted octanol–water partition coefficient (Wildman–Crippen LogP) is 4.11. The molecule has 3 heterocycles. The Morgan fingerprint density at radius 1 is 1.27 bits per heavy atom. The van der Waals surface area contributed by atoms with Crippen LogP contribution in [0.3, 0.4) is 0 Å². The smallest absolute Gasteiger partial charge is 0.251 e. The lowest BCUT2D eigenvalue weighted by molar-refractivity contribution is -0.145. The van der Waals surface area contributed by atoms with Gasteiger partial charge in [-0.15, -0.1) is 0 Å². The van der Waals surface area contributed by atoms with Gasteiger partial charge in [0, 0.05) is 57.1 Å². The van der Waals surface area contributed by atoms with E-state index < -0.39 is 41.8 Å². The lowest BCUT2D eigenvalue weighted by Crippen LogP contribution is -2.48.